The molecule has 2 rings (SSSR count). The molecule has 0 spiro atoms. The van der Waals surface area contributed by atoms with Crippen LogP contribution in [0.5, 0.6) is 5.75 Å². The third-order valence-electron chi connectivity index (χ3n) is 3.31. The van der Waals surface area contributed by atoms with Crippen molar-refractivity contribution in [3.05, 3.63) is 63.6 Å². The third-order valence-corrected chi connectivity index (χ3v) is 3.83. The number of carbonyl (C=O) groups excluding carboxylic acids is 1. The van der Waals surface area contributed by atoms with Gasteiger partial charge >= 0.3 is 0 Å². The van der Waals surface area contributed by atoms with E-state index in [4.69, 9.17) is 4.74 Å². The van der Waals surface area contributed by atoms with E-state index in [0.717, 1.165) is 21.3 Å². The molecule has 0 radical (unpaired) electrons. The second-order valence-electron chi connectivity index (χ2n) is 4.95. The van der Waals surface area contributed by atoms with Crippen LogP contribution in [-0.4, -0.2) is 13.0 Å². The van der Waals surface area contributed by atoms with Crippen LogP contribution in [-0.2, 0) is 0 Å². The van der Waals surface area contributed by atoms with E-state index in [1.54, 1.807) is 19.2 Å². The zero-order valence-corrected chi connectivity index (χ0v) is 13.9. The van der Waals surface area contributed by atoms with Crippen LogP contribution in [0, 0.1) is 6.92 Å². The Morgan fingerprint density at radius 1 is 1.19 bits per heavy atom. The van der Waals surface area contributed by atoms with Crippen LogP contribution in [0.1, 0.15) is 34.5 Å². The molecule has 1 atom stereocenters. The van der Waals surface area contributed by atoms with Gasteiger partial charge in [0.05, 0.1) is 13.2 Å². The van der Waals surface area contributed by atoms with Gasteiger partial charge in [-0.1, -0.05) is 33.6 Å². The van der Waals surface area contributed by atoms with Crippen LogP contribution in [0.25, 0.3) is 0 Å². The number of halogens is 1. The molecule has 0 fully saturated rings. The highest BCUT2D eigenvalue weighted by Gasteiger charge is 2.15. The third kappa shape index (κ3) is 3.85. The van der Waals surface area contributed by atoms with Gasteiger partial charge in [0.1, 0.15) is 5.75 Å². The molecule has 4 heteroatoms. The van der Waals surface area contributed by atoms with Crippen molar-refractivity contribution in [3.63, 3.8) is 0 Å². The molecule has 0 heterocycles. The zero-order chi connectivity index (χ0) is 15.4. The predicted molar refractivity (Wildman–Crippen MR) is 87.8 cm³/mol. The number of hydrogen-bond acceptors (Lipinski definition) is 2. The molecule has 0 saturated heterocycles. The molecule has 2 aromatic rings. The summed E-state index contributed by atoms with van der Waals surface area (Å²) in [6.45, 7) is 3.97. The lowest BCUT2D eigenvalue weighted by molar-refractivity contribution is 0.0939. The first-order valence-electron chi connectivity index (χ1n) is 6.72. The predicted octanol–water partition coefficient (Wildman–Crippen LogP) is 4.26. The molecule has 0 bridgehead atoms. The lowest BCUT2D eigenvalue weighted by Gasteiger charge is -2.18. The smallest absolute Gasteiger partial charge is 0.251 e. The SMILES string of the molecule is COc1ccc(C)cc1C(C)NC(=O)c1ccc(Br)cc1. The van der Waals surface area contributed by atoms with Crippen LogP contribution in [0.15, 0.2) is 46.9 Å². The fraction of sp³-hybridized carbons (Fsp3) is 0.235. The van der Waals surface area contributed by atoms with E-state index in [0.29, 0.717) is 5.56 Å². The monoisotopic (exact) mass is 347 g/mol. The van der Waals surface area contributed by atoms with Gasteiger partial charge in [0.2, 0.25) is 0 Å². The second-order valence-corrected chi connectivity index (χ2v) is 5.86. The molecular weight excluding hydrogens is 330 g/mol. The Morgan fingerprint density at radius 3 is 2.48 bits per heavy atom. The van der Waals surface area contributed by atoms with Crippen molar-refractivity contribution in [2.75, 3.05) is 7.11 Å². The molecule has 1 N–H and O–H groups in total. The van der Waals surface area contributed by atoms with Crippen molar-refractivity contribution in [3.8, 4) is 5.75 Å². The van der Waals surface area contributed by atoms with Crippen molar-refractivity contribution in [1.82, 2.24) is 5.32 Å². The van der Waals surface area contributed by atoms with Gasteiger partial charge in [0.25, 0.3) is 5.91 Å². The van der Waals surface area contributed by atoms with Crippen LogP contribution >= 0.6 is 15.9 Å². The summed E-state index contributed by atoms with van der Waals surface area (Å²) >= 11 is 3.36. The largest absolute Gasteiger partial charge is 0.496 e. The molecular formula is C17H18BrNO2. The molecule has 0 saturated carbocycles. The van der Waals surface area contributed by atoms with E-state index >= 15 is 0 Å². The lowest BCUT2D eigenvalue weighted by atomic mass is 10.0. The van der Waals surface area contributed by atoms with Crippen LogP contribution in [0.4, 0.5) is 0 Å². The molecule has 21 heavy (non-hydrogen) atoms. The van der Waals surface area contributed by atoms with Gasteiger partial charge in [0.15, 0.2) is 0 Å². The van der Waals surface area contributed by atoms with Gasteiger partial charge in [-0.25, -0.2) is 0 Å². The molecule has 3 nitrogen and oxygen atoms in total. The average Bonchev–Trinajstić information content (AvgIpc) is 2.47. The maximum atomic E-state index is 12.3. The maximum Gasteiger partial charge on any atom is 0.251 e. The molecule has 1 unspecified atom stereocenters. The summed E-state index contributed by atoms with van der Waals surface area (Å²) in [7, 11) is 1.64. The fourth-order valence-electron chi connectivity index (χ4n) is 2.15. The van der Waals surface area contributed by atoms with E-state index in [9.17, 15) is 4.79 Å². The minimum Gasteiger partial charge on any atom is -0.496 e. The summed E-state index contributed by atoms with van der Waals surface area (Å²) in [5.74, 6) is 0.683. The van der Waals surface area contributed by atoms with E-state index in [2.05, 4.69) is 21.2 Å². The Bertz CT molecular complexity index is 638. The van der Waals surface area contributed by atoms with E-state index < -0.39 is 0 Å². The summed E-state index contributed by atoms with van der Waals surface area (Å²) < 4.78 is 6.32. The molecule has 0 aromatic heterocycles. The number of benzene rings is 2. The van der Waals surface area contributed by atoms with Crippen LogP contribution < -0.4 is 10.1 Å². The van der Waals surface area contributed by atoms with Gasteiger partial charge in [-0.2, -0.15) is 0 Å². The Balaban J connectivity index is 2.17. The molecule has 0 aliphatic heterocycles. The van der Waals surface area contributed by atoms with E-state index in [-0.39, 0.29) is 11.9 Å². The highest BCUT2D eigenvalue weighted by Crippen LogP contribution is 2.26. The number of methoxy groups -OCH3 is 1. The van der Waals surface area contributed by atoms with Crippen molar-refractivity contribution in [1.29, 1.82) is 0 Å². The number of carbonyl (C=O) groups is 1. The number of hydrogen-bond donors (Lipinski definition) is 1. The standard InChI is InChI=1S/C17H18BrNO2/c1-11-4-9-16(21-3)15(10-11)12(2)19-17(20)13-5-7-14(18)8-6-13/h4-10,12H,1-3H3,(H,19,20). The number of nitrogens with one attached hydrogen (secondary N) is 1. The summed E-state index contributed by atoms with van der Waals surface area (Å²) in [6.07, 6.45) is 0. The molecule has 110 valence electrons. The molecule has 0 aliphatic rings. The zero-order valence-electron chi connectivity index (χ0n) is 12.3. The highest BCUT2D eigenvalue weighted by molar-refractivity contribution is 9.10. The Hall–Kier alpha value is -1.81. The van der Waals surface area contributed by atoms with E-state index in [1.807, 2.05) is 44.2 Å². The topological polar surface area (TPSA) is 38.3 Å². The van der Waals surface area contributed by atoms with Gasteiger partial charge < -0.3 is 10.1 Å². The van der Waals surface area contributed by atoms with Gasteiger partial charge in [-0.3, -0.25) is 4.79 Å². The molecule has 1 amide bonds. The maximum absolute atomic E-state index is 12.3. The highest BCUT2D eigenvalue weighted by atomic mass is 79.9. The van der Waals surface area contributed by atoms with Gasteiger partial charge in [0, 0.05) is 15.6 Å². The van der Waals surface area contributed by atoms with Crippen molar-refractivity contribution >= 4 is 21.8 Å². The minimum atomic E-state index is -0.129. The first kappa shape index (κ1) is 15.6. The van der Waals surface area contributed by atoms with Gasteiger partial charge in [-0.05, 0) is 44.2 Å². The minimum absolute atomic E-state index is 0.0986. The summed E-state index contributed by atoms with van der Waals surface area (Å²) in [6, 6.07) is 13.1. The quantitative estimate of drug-likeness (QED) is 0.897. The number of aryl methyl sites for hydroxylation is 1. The Morgan fingerprint density at radius 2 is 1.86 bits per heavy atom. The second kappa shape index (κ2) is 6.76. The van der Waals surface area contributed by atoms with Crippen LogP contribution in [0.3, 0.4) is 0 Å². The summed E-state index contributed by atoms with van der Waals surface area (Å²) in [5, 5.41) is 3.00. The fourth-order valence-corrected chi connectivity index (χ4v) is 2.42. The van der Waals surface area contributed by atoms with Crippen LogP contribution in [0.2, 0.25) is 0 Å². The first-order valence-corrected chi connectivity index (χ1v) is 7.51. The van der Waals surface area contributed by atoms with Crippen molar-refractivity contribution in [2.24, 2.45) is 0 Å². The average molecular weight is 348 g/mol. The van der Waals surface area contributed by atoms with Gasteiger partial charge in [-0.15, -0.1) is 0 Å². The number of rotatable bonds is 4. The molecule has 2 aromatic carbocycles. The van der Waals surface area contributed by atoms with E-state index in [1.165, 1.54) is 0 Å². The summed E-state index contributed by atoms with van der Waals surface area (Å²) in [5.41, 5.74) is 2.75. The number of amides is 1. The van der Waals surface area contributed by atoms with Crippen molar-refractivity contribution < 1.29 is 9.53 Å². The molecule has 0 aliphatic carbocycles. The first-order chi connectivity index (χ1) is 10.0. The summed E-state index contributed by atoms with van der Waals surface area (Å²) in [4.78, 5) is 12.3. The lowest BCUT2D eigenvalue weighted by Crippen LogP contribution is -2.26. The Kier molecular flexibility index (Phi) is 5.02. The number of ether oxygens (including phenoxy) is 1. The normalized spacial score (nSPS) is 11.8. The van der Waals surface area contributed by atoms with Crippen molar-refractivity contribution in [2.45, 2.75) is 19.9 Å². The Labute approximate surface area is 133 Å².